The van der Waals surface area contributed by atoms with Crippen LogP contribution < -0.4 is 11.2 Å². The van der Waals surface area contributed by atoms with Crippen molar-refractivity contribution < 1.29 is 15.0 Å². The number of hydrogen-bond acceptors (Lipinski definition) is 4. The van der Waals surface area contributed by atoms with Gasteiger partial charge in [-0.25, -0.2) is 9.80 Å². The zero-order valence-electron chi connectivity index (χ0n) is 13.4. The van der Waals surface area contributed by atoms with Crippen molar-refractivity contribution in [3.8, 4) is 0 Å². The minimum absolute atomic E-state index is 0.159. The van der Waals surface area contributed by atoms with E-state index in [4.69, 9.17) is 10.9 Å². The maximum atomic E-state index is 11.0. The van der Waals surface area contributed by atoms with Crippen molar-refractivity contribution >= 4 is 6.09 Å². The summed E-state index contributed by atoms with van der Waals surface area (Å²) >= 11 is 0. The molecular weight excluding hydrogens is 306 g/mol. The van der Waals surface area contributed by atoms with Gasteiger partial charge in [0.2, 0.25) is 0 Å². The highest BCUT2D eigenvalue weighted by atomic mass is 16.4. The summed E-state index contributed by atoms with van der Waals surface area (Å²) in [4.78, 5) is 11.0. The van der Waals surface area contributed by atoms with Crippen molar-refractivity contribution in [2.24, 2.45) is 5.84 Å². The van der Waals surface area contributed by atoms with E-state index in [0.717, 1.165) is 11.1 Å². The van der Waals surface area contributed by atoms with Gasteiger partial charge in [-0.3, -0.25) is 5.84 Å². The Bertz CT molecular complexity index is 622. The van der Waals surface area contributed by atoms with Crippen LogP contribution in [0.3, 0.4) is 0 Å². The Hall–Kier alpha value is -2.41. The lowest BCUT2D eigenvalue weighted by Crippen LogP contribution is -2.50. The van der Waals surface area contributed by atoms with Crippen molar-refractivity contribution in [1.82, 2.24) is 10.3 Å². The van der Waals surface area contributed by atoms with Gasteiger partial charge in [0, 0.05) is 13.1 Å². The topological polar surface area (TPSA) is 98.8 Å². The first-order valence-electron chi connectivity index (χ1n) is 7.79. The quantitative estimate of drug-likeness (QED) is 0.435. The Balaban J connectivity index is 1.96. The Morgan fingerprint density at radius 2 is 1.58 bits per heavy atom. The fourth-order valence-corrected chi connectivity index (χ4v) is 2.56. The first kappa shape index (κ1) is 17.9. The smallest absolute Gasteiger partial charge is 0.404 e. The van der Waals surface area contributed by atoms with Crippen molar-refractivity contribution in [3.63, 3.8) is 0 Å². The molecule has 0 aliphatic heterocycles. The molecule has 2 rings (SSSR count). The molecule has 0 spiro atoms. The van der Waals surface area contributed by atoms with Gasteiger partial charge in [0.05, 0.1) is 12.1 Å². The number of aliphatic hydroxyl groups is 1. The molecule has 0 fully saturated rings. The molecule has 0 heterocycles. The summed E-state index contributed by atoms with van der Waals surface area (Å²) in [5.41, 5.74) is 1.97. The molecule has 2 atom stereocenters. The van der Waals surface area contributed by atoms with E-state index in [1.54, 1.807) is 0 Å². The average Bonchev–Trinajstić information content (AvgIpc) is 2.55. The zero-order valence-corrected chi connectivity index (χ0v) is 13.4. The summed E-state index contributed by atoms with van der Waals surface area (Å²) in [5.74, 6) is 5.97. The van der Waals surface area contributed by atoms with E-state index in [0.29, 0.717) is 13.0 Å². The number of hydrazine groups is 1. The van der Waals surface area contributed by atoms with Crippen LogP contribution in [0, 0.1) is 0 Å². The standard InChI is InChI=1S/C18H23N3O3/c19-21(12-15-9-5-2-6-10-15)13-17(22)16(20-18(23)24)11-14-7-3-1-4-8-14/h1-10,16-17,20,22H,11-13,19H2,(H,23,24)/t16-,17-/m0/s1. The predicted molar refractivity (Wildman–Crippen MR) is 92.1 cm³/mol. The van der Waals surface area contributed by atoms with Crippen LogP contribution in [-0.4, -0.2) is 40.0 Å². The first-order chi connectivity index (χ1) is 11.5. The molecular formula is C18H23N3O3. The second-order valence-electron chi connectivity index (χ2n) is 5.73. The van der Waals surface area contributed by atoms with Crippen LogP contribution in [0.15, 0.2) is 60.7 Å². The molecule has 6 heteroatoms. The average molecular weight is 329 g/mol. The molecule has 2 aromatic carbocycles. The Kier molecular flexibility index (Phi) is 6.74. The minimum Gasteiger partial charge on any atom is -0.465 e. The van der Waals surface area contributed by atoms with Gasteiger partial charge in [-0.1, -0.05) is 60.7 Å². The van der Waals surface area contributed by atoms with Crippen molar-refractivity contribution in [2.45, 2.75) is 25.1 Å². The van der Waals surface area contributed by atoms with E-state index in [9.17, 15) is 9.90 Å². The van der Waals surface area contributed by atoms with Crippen LogP contribution in [-0.2, 0) is 13.0 Å². The van der Waals surface area contributed by atoms with E-state index in [1.165, 1.54) is 5.01 Å². The van der Waals surface area contributed by atoms with E-state index in [-0.39, 0.29) is 6.54 Å². The number of carboxylic acid groups (broad SMARTS) is 1. The third kappa shape index (κ3) is 6.00. The maximum absolute atomic E-state index is 11.0. The van der Waals surface area contributed by atoms with Gasteiger partial charge in [0.25, 0.3) is 0 Å². The first-order valence-corrected chi connectivity index (χ1v) is 7.79. The van der Waals surface area contributed by atoms with Crippen molar-refractivity contribution in [2.75, 3.05) is 6.54 Å². The van der Waals surface area contributed by atoms with E-state index < -0.39 is 18.2 Å². The Morgan fingerprint density at radius 1 is 1.04 bits per heavy atom. The number of carbonyl (C=O) groups is 1. The van der Waals surface area contributed by atoms with Gasteiger partial charge >= 0.3 is 6.09 Å². The number of nitrogens with one attached hydrogen (secondary N) is 1. The third-order valence-corrected chi connectivity index (χ3v) is 3.72. The summed E-state index contributed by atoms with van der Waals surface area (Å²) < 4.78 is 0. The van der Waals surface area contributed by atoms with Gasteiger partial charge in [-0.15, -0.1) is 0 Å². The normalized spacial score (nSPS) is 13.5. The summed E-state index contributed by atoms with van der Waals surface area (Å²) in [6.07, 6.45) is -1.69. The number of aliphatic hydroxyl groups excluding tert-OH is 1. The lowest BCUT2D eigenvalue weighted by atomic mass is 10.0. The number of hydrogen-bond donors (Lipinski definition) is 4. The molecule has 0 unspecified atom stereocenters. The molecule has 6 nitrogen and oxygen atoms in total. The van der Waals surface area contributed by atoms with Gasteiger partial charge in [0.1, 0.15) is 0 Å². The molecule has 5 N–H and O–H groups in total. The third-order valence-electron chi connectivity index (χ3n) is 3.72. The molecule has 128 valence electrons. The number of nitrogens with zero attached hydrogens (tertiary/aromatic N) is 1. The van der Waals surface area contributed by atoms with Gasteiger partial charge in [-0.05, 0) is 17.5 Å². The van der Waals surface area contributed by atoms with Gasteiger partial charge < -0.3 is 15.5 Å². The lowest BCUT2D eigenvalue weighted by molar-refractivity contribution is 0.0746. The molecule has 0 aliphatic carbocycles. The molecule has 0 saturated carbocycles. The van der Waals surface area contributed by atoms with Crippen LogP contribution >= 0.6 is 0 Å². The molecule has 0 aromatic heterocycles. The zero-order chi connectivity index (χ0) is 17.4. The summed E-state index contributed by atoms with van der Waals surface area (Å²) in [7, 11) is 0. The highest BCUT2D eigenvalue weighted by molar-refractivity contribution is 5.65. The molecule has 1 amide bonds. The number of amides is 1. The lowest BCUT2D eigenvalue weighted by Gasteiger charge is -2.27. The Morgan fingerprint density at radius 3 is 2.12 bits per heavy atom. The molecule has 0 aliphatic rings. The van der Waals surface area contributed by atoms with Gasteiger partial charge in [-0.2, -0.15) is 0 Å². The minimum atomic E-state index is -1.17. The SMILES string of the molecule is NN(Cc1ccccc1)C[C@H](O)[C@H](Cc1ccccc1)NC(=O)O. The highest BCUT2D eigenvalue weighted by Crippen LogP contribution is 2.09. The van der Waals surface area contributed by atoms with Crippen molar-refractivity contribution in [1.29, 1.82) is 0 Å². The van der Waals surface area contributed by atoms with Gasteiger partial charge in [0.15, 0.2) is 0 Å². The summed E-state index contributed by atoms with van der Waals surface area (Å²) in [6.45, 7) is 0.635. The Labute approximate surface area is 141 Å². The number of nitrogens with two attached hydrogens (primary N) is 1. The summed E-state index contributed by atoms with van der Waals surface area (Å²) in [5, 5.41) is 23.3. The monoisotopic (exact) mass is 329 g/mol. The maximum Gasteiger partial charge on any atom is 0.404 e. The fourth-order valence-electron chi connectivity index (χ4n) is 2.56. The largest absolute Gasteiger partial charge is 0.465 e. The highest BCUT2D eigenvalue weighted by Gasteiger charge is 2.23. The molecule has 24 heavy (non-hydrogen) atoms. The fraction of sp³-hybridized carbons (Fsp3) is 0.278. The van der Waals surface area contributed by atoms with Crippen LogP contribution in [0.4, 0.5) is 4.79 Å². The second kappa shape index (κ2) is 9.02. The number of rotatable bonds is 8. The molecule has 2 aromatic rings. The summed E-state index contributed by atoms with van der Waals surface area (Å²) in [6, 6.07) is 18.5. The van der Waals surface area contributed by atoms with Crippen LogP contribution in [0.25, 0.3) is 0 Å². The molecule has 0 radical (unpaired) electrons. The second-order valence-corrected chi connectivity index (χ2v) is 5.73. The molecule has 0 saturated heterocycles. The predicted octanol–water partition coefficient (Wildman–Crippen LogP) is 1.60. The van der Waals surface area contributed by atoms with Crippen LogP contribution in [0.2, 0.25) is 0 Å². The van der Waals surface area contributed by atoms with Crippen molar-refractivity contribution in [3.05, 3.63) is 71.8 Å². The van der Waals surface area contributed by atoms with E-state index in [2.05, 4.69) is 5.32 Å². The molecule has 0 bridgehead atoms. The van der Waals surface area contributed by atoms with Crippen LogP contribution in [0.1, 0.15) is 11.1 Å². The number of benzene rings is 2. The van der Waals surface area contributed by atoms with E-state index in [1.807, 2.05) is 60.7 Å². The van der Waals surface area contributed by atoms with E-state index >= 15 is 0 Å². The van der Waals surface area contributed by atoms with Crippen LogP contribution in [0.5, 0.6) is 0 Å².